The molecule has 0 spiro atoms. The third kappa shape index (κ3) is 2.10. The van der Waals surface area contributed by atoms with E-state index in [-0.39, 0.29) is 17.9 Å². The molecule has 0 bridgehead atoms. The standard InChI is InChI=1S/C14H17NO3/c1-3-12-13(9-16)15(14(12)17)8-10-4-6-11(18-2)7-5-10/h4-7,9,12-13H,3,8H2,1-2H3/t12-,13-/m1/s1. The smallest absolute Gasteiger partial charge is 0.229 e. The van der Waals surface area contributed by atoms with Crippen molar-refractivity contribution in [1.82, 2.24) is 4.90 Å². The van der Waals surface area contributed by atoms with Gasteiger partial charge in [-0.3, -0.25) is 4.79 Å². The summed E-state index contributed by atoms with van der Waals surface area (Å²) < 4.78 is 5.08. The van der Waals surface area contributed by atoms with Crippen LogP contribution in [0.1, 0.15) is 18.9 Å². The number of methoxy groups -OCH3 is 1. The number of carbonyl (C=O) groups excluding carboxylic acids is 2. The molecule has 1 fully saturated rings. The summed E-state index contributed by atoms with van der Waals surface area (Å²) in [5.41, 5.74) is 1.01. The van der Waals surface area contributed by atoms with Crippen LogP contribution in [0.3, 0.4) is 0 Å². The van der Waals surface area contributed by atoms with E-state index in [2.05, 4.69) is 0 Å². The molecule has 4 nitrogen and oxygen atoms in total. The zero-order valence-electron chi connectivity index (χ0n) is 10.6. The van der Waals surface area contributed by atoms with Gasteiger partial charge in [-0.1, -0.05) is 19.1 Å². The normalized spacial score (nSPS) is 22.6. The van der Waals surface area contributed by atoms with Gasteiger partial charge in [-0.05, 0) is 24.1 Å². The summed E-state index contributed by atoms with van der Waals surface area (Å²) in [5.74, 6) is 0.734. The average molecular weight is 247 g/mol. The van der Waals surface area contributed by atoms with Crippen LogP contribution in [0.2, 0.25) is 0 Å². The fourth-order valence-corrected chi connectivity index (χ4v) is 2.34. The Balaban J connectivity index is 2.05. The third-order valence-corrected chi connectivity index (χ3v) is 3.46. The van der Waals surface area contributed by atoms with Gasteiger partial charge in [-0.15, -0.1) is 0 Å². The molecular formula is C14H17NO3. The Kier molecular flexibility index (Phi) is 3.65. The number of β-lactam (4-membered cyclic amide) rings is 1. The SMILES string of the molecule is CC[C@H]1C(=O)N(Cc2ccc(OC)cc2)[C@@H]1C=O. The highest BCUT2D eigenvalue weighted by atomic mass is 16.5. The van der Waals surface area contributed by atoms with Crippen LogP contribution in [-0.4, -0.2) is 30.2 Å². The van der Waals surface area contributed by atoms with Crippen molar-refractivity contribution in [2.45, 2.75) is 25.9 Å². The first kappa shape index (κ1) is 12.6. The average Bonchev–Trinajstić information content (AvgIpc) is 2.42. The van der Waals surface area contributed by atoms with Crippen molar-refractivity contribution in [3.05, 3.63) is 29.8 Å². The lowest BCUT2D eigenvalue weighted by molar-refractivity contribution is -0.160. The Morgan fingerprint density at radius 1 is 1.33 bits per heavy atom. The summed E-state index contributed by atoms with van der Waals surface area (Å²) in [6.07, 6.45) is 1.60. The first-order valence-electron chi connectivity index (χ1n) is 6.10. The Hall–Kier alpha value is -1.84. The molecule has 0 N–H and O–H groups in total. The fraction of sp³-hybridized carbons (Fsp3) is 0.429. The predicted molar refractivity (Wildman–Crippen MR) is 67.2 cm³/mol. The second-order valence-electron chi connectivity index (χ2n) is 4.46. The molecule has 1 aromatic carbocycles. The van der Waals surface area contributed by atoms with Gasteiger partial charge in [0.25, 0.3) is 0 Å². The number of hydrogen-bond donors (Lipinski definition) is 0. The van der Waals surface area contributed by atoms with E-state index in [0.717, 1.165) is 24.0 Å². The van der Waals surface area contributed by atoms with Gasteiger partial charge >= 0.3 is 0 Å². The van der Waals surface area contributed by atoms with Crippen LogP contribution >= 0.6 is 0 Å². The van der Waals surface area contributed by atoms with Crippen LogP contribution in [0.5, 0.6) is 5.75 Å². The van der Waals surface area contributed by atoms with E-state index >= 15 is 0 Å². The van der Waals surface area contributed by atoms with E-state index in [1.165, 1.54) is 0 Å². The zero-order chi connectivity index (χ0) is 13.1. The van der Waals surface area contributed by atoms with Crippen LogP contribution in [-0.2, 0) is 16.1 Å². The minimum absolute atomic E-state index is 0.0745. The lowest BCUT2D eigenvalue weighted by Crippen LogP contribution is -2.60. The number of amides is 1. The summed E-state index contributed by atoms with van der Waals surface area (Å²) >= 11 is 0. The topological polar surface area (TPSA) is 46.6 Å². The van der Waals surface area contributed by atoms with E-state index in [4.69, 9.17) is 4.74 Å². The van der Waals surface area contributed by atoms with Crippen molar-refractivity contribution >= 4 is 12.2 Å². The van der Waals surface area contributed by atoms with Gasteiger partial charge < -0.3 is 14.4 Å². The van der Waals surface area contributed by atoms with Crippen molar-refractivity contribution in [2.24, 2.45) is 5.92 Å². The summed E-state index contributed by atoms with van der Waals surface area (Å²) in [7, 11) is 1.61. The minimum Gasteiger partial charge on any atom is -0.497 e. The van der Waals surface area contributed by atoms with Gasteiger partial charge in [-0.25, -0.2) is 0 Å². The largest absolute Gasteiger partial charge is 0.497 e. The Bertz CT molecular complexity index is 441. The maximum absolute atomic E-state index is 11.8. The number of carbonyl (C=O) groups is 2. The molecule has 2 rings (SSSR count). The van der Waals surface area contributed by atoms with Gasteiger partial charge in [0.2, 0.25) is 5.91 Å². The van der Waals surface area contributed by atoms with Gasteiger partial charge in [0.1, 0.15) is 12.0 Å². The summed E-state index contributed by atoms with van der Waals surface area (Å²) in [6.45, 7) is 2.42. The van der Waals surface area contributed by atoms with Crippen LogP contribution < -0.4 is 4.74 Å². The molecule has 4 heteroatoms. The summed E-state index contributed by atoms with van der Waals surface area (Å²) in [6, 6.07) is 7.27. The van der Waals surface area contributed by atoms with Crippen LogP contribution in [0.4, 0.5) is 0 Å². The highest BCUT2D eigenvalue weighted by Crippen LogP contribution is 2.29. The molecule has 1 saturated heterocycles. The molecule has 18 heavy (non-hydrogen) atoms. The number of nitrogens with zero attached hydrogens (tertiary/aromatic N) is 1. The lowest BCUT2D eigenvalue weighted by Gasteiger charge is -2.44. The molecule has 0 aromatic heterocycles. The molecule has 0 unspecified atom stereocenters. The van der Waals surface area contributed by atoms with Gasteiger partial charge in [0.05, 0.1) is 19.1 Å². The van der Waals surface area contributed by atoms with Crippen molar-refractivity contribution in [2.75, 3.05) is 7.11 Å². The minimum atomic E-state index is -0.260. The van der Waals surface area contributed by atoms with E-state index < -0.39 is 0 Å². The molecule has 1 aliphatic rings. The number of aldehydes is 1. The van der Waals surface area contributed by atoms with Crippen LogP contribution in [0, 0.1) is 5.92 Å². The lowest BCUT2D eigenvalue weighted by atomic mass is 9.85. The van der Waals surface area contributed by atoms with Crippen molar-refractivity contribution in [3.63, 3.8) is 0 Å². The van der Waals surface area contributed by atoms with Gasteiger partial charge in [0, 0.05) is 6.54 Å². The monoisotopic (exact) mass is 247 g/mol. The van der Waals surface area contributed by atoms with Crippen molar-refractivity contribution < 1.29 is 14.3 Å². The predicted octanol–water partition coefficient (Wildman–Crippen LogP) is 1.63. The van der Waals surface area contributed by atoms with E-state index in [0.29, 0.717) is 6.54 Å². The quantitative estimate of drug-likeness (QED) is 0.587. The second-order valence-corrected chi connectivity index (χ2v) is 4.46. The molecule has 1 amide bonds. The number of rotatable bonds is 5. The fourth-order valence-electron chi connectivity index (χ4n) is 2.34. The highest BCUT2D eigenvalue weighted by molar-refractivity contribution is 5.92. The van der Waals surface area contributed by atoms with Crippen LogP contribution in [0.15, 0.2) is 24.3 Å². The molecule has 1 aromatic rings. The van der Waals surface area contributed by atoms with Crippen molar-refractivity contribution in [1.29, 1.82) is 0 Å². The number of likely N-dealkylation sites (tertiary alicyclic amines) is 1. The van der Waals surface area contributed by atoms with Crippen LogP contribution in [0.25, 0.3) is 0 Å². The first-order chi connectivity index (χ1) is 8.71. The number of ether oxygens (including phenoxy) is 1. The maximum atomic E-state index is 11.8. The molecule has 1 heterocycles. The first-order valence-corrected chi connectivity index (χ1v) is 6.10. The Morgan fingerprint density at radius 3 is 2.50 bits per heavy atom. The van der Waals surface area contributed by atoms with E-state index in [1.54, 1.807) is 12.0 Å². The van der Waals surface area contributed by atoms with Gasteiger partial charge in [-0.2, -0.15) is 0 Å². The molecule has 0 aliphatic carbocycles. The Morgan fingerprint density at radius 2 is 2.00 bits per heavy atom. The zero-order valence-corrected chi connectivity index (χ0v) is 10.6. The molecule has 2 atom stereocenters. The molecule has 96 valence electrons. The highest BCUT2D eigenvalue weighted by Gasteiger charge is 2.45. The third-order valence-electron chi connectivity index (χ3n) is 3.46. The number of hydrogen-bond acceptors (Lipinski definition) is 3. The van der Waals surface area contributed by atoms with Crippen molar-refractivity contribution in [3.8, 4) is 5.75 Å². The molecule has 1 aliphatic heterocycles. The summed E-state index contributed by atoms with van der Waals surface area (Å²) in [4.78, 5) is 24.4. The Labute approximate surface area is 107 Å². The summed E-state index contributed by atoms with van der Waals surface area (Å²) in [5, 5.41) is 0. The second kappa shape index (κ2) is 5.21. The number of benzene rings is 1. The van der Waals surface area contributed by atoms with Gasteiger partial charge in [0.15, 0.2) is 0 Å². The molecular weight excluding hydrogens is 230 g/mol. The molecule has 0 radical (unpaired) electrons. The maximum Gasteiger partial charge on any atom is 0.229 e. The molecule has 0 saturated carbocycles. The van der Waals surface area contributed by atoms with E-state index in [1.807, 2.05) is 31.2 Å². The van der Waals surface area contributed by atoms with E-state index in [9.17, 15) is 9.59 Å².